The zero-order valence-corrected chi connectivity index (χ0v) is 17.8. The molecule has 1 fully saturated rings. The summed E-state index contributed by atoms with van der Waals surface area (Å²) in [4.78, 5) is 9.25. The lowest BCUT2D eigenvalue weighted by molar-refractivity contribution is 0.554. The van der Waals surface area contributed by atoms with Gasteiger partial charge in [-0.05, 0) is 60.0 Å². The fourth-order valence-corrected chi connectivity index (χ4v) is 4.00. The largest absolute Gasteiger partial charge is 0.330 e. The van der Waals surface area contributed by atoms with E-state index in [1.54, 1.807) is 24.7 Å². The van der Waals surface area contributed by atoms with Crippen molar-refractivity contribution < 1.29 is 4.39 Å². The molecule has 1 aliphatic rings. The number of rotatable bonds is 6. The van der Waals surface area contributed by atoms with E-state index in [2.05, 4.69) is 36.5 Å². The van der Waals surface area contributed by atoms with Gasteiger partial charge in [0.05, 0.1) is 17.7 Å². The molecule has 162 valence electrons. The van der Waals surface area contributed by atoms with E-state index in [0.717, 1.165) is 45.2 Å². The van der Waals surface area contributed by atoms with Crippen LogP contribution in [-0.4, -0.2) is 14.5 Å². The maximum atomic E-state index is 13.6. The monoisotopic (exact) mass is 449 g/mol. The molecule has 0 spiro atoms. The summed E-state index contributed by atoms with van der Waals surface area (Å²) < 4.78 is 15.7. The van der Waals surface area contributed by atoms with Gasteiger partial charge in [0.15, 0.2) is 0 Å². The highest BCUT2D eigenvalue weighted by molar-refractivity contribution is 6.31. The van der Waals surface area contributed by atoms with E-state index in [1.165, 1.54) is 12.1 Å². The predicted octanol–water partition coefficient (Wildman–Crippen LogP) is 3.76. The van der Waals surface area contributed by atoms with Crippen LogP contribution in [0.1, 0.15) is 17.3 Å². The number of pyridine rings is 1. The fraction of sp³-hybridized carbons (Fsp3) is 0.130. The van der Waals surface area contributed by atoms with Gasteiger partial charge in [-0.25, -0.2) is 20.2 Å². The van der Waals surface area contributed by atoms with E-state index in [0.29, 0.717) is 6.54 Å². The molecular weight excluding hydrogens is 429 g/mol. The van der Waals surface area contributed by atoms with Gasteiger partial charge in [-0.15, -0.1) is 0 Å². The average Bonchev–Trinajstić information content (AvgIpc) is 3.50. The molecular formula is C23H21ClFN7. The summed E-state index contributed by atoms with van der Waals surface area (Å²) in [5, 5.41) is 0.740. The van der Waals surface area contributed by atoms with Crippen molar-refractivity contribution in [1.82, 2.24) is 36.5 Å². The molecule has 3 heterocycles. The number of aryl methyl sites for hydroxylation is 2. The highest BCUT2D eigenvalue weighted by atomic mass is 35.5. The number of halogens is 2. The van der Waals surface area contributed by atoms with Crippen molar-refractivity contribution in [3.8, 4) is 22.6 Å². The first-order valence-corrected chi connectivity index (χ1v) is 10.6. The van der Waals surface area contributed by atoms with Crippen molar-refractivity contribution in [3.63, 3.8) is 0 Å². The Morgan fingerprint density at radius 2 is 1.75 bits per heavy atom. The van der Waals surface area contributed by atoms with Gasteiger partial charge >= 0.3 is 0 Å². The molecule has 2 aromatic carbocycles. The number of hydrogen-bond donors (Lipinski definition) is 4. The zero-order chi connectivity index (χ0) is 21.9. The van der Waals surface area contributed by atoms with Crippen LogP contribution < -0.4 is 21.9 Å². The van der Waals surface area contributed by atoms with Crippen molar-refractivity contribution in [2.45, 2.75) is 19.1 Å². The van der Waals surface area contributed by atoms with Crippen molar-refractivity contribution in [3.05, 3.63) is 95.2 Å². The quantitative estimate of drug-likeness (QED) is 0.359. The van der Waals surface area contributed by atoms with Crippen LogP contribution in [0.3, 0.4) is 0 Å². The molecule has 9 heteroatoms. The van der Waals surface area contributed by atoms with E-state index in [9.17, 15) is 4.39 Å². The standard InChI is InChI=1S/C23H21ClFN7/c24-19-4-2-1-3-15(19)10-12-32-14-27-21(22(32)16-5-7-18(25)8-6-16)20-13-17(9-11-26-20)23-28-30-31-29-23/h1-9,11,13-14,23,28-31H,10,12H2. The number of nitrogens with zero attached hydrogens (tertiary/aromatic N) is 3. The van der Waals surface area contributed by atoms with Gasteiger partial charge in [-0.2, -0.15) is 11.1 Å². The number of hydrazine groups is 3. The summed E-state index contributed by atoms with van der Waals surface area (Å²) >= 11 is 6.35. The lowest BCUT2D eigenvalue weighted by Gasteiger charge is -2.13. The minimum absolute atomic E-state index is 0.117. The Kier molecular flexibility index (Phi) is 5.93. The lowest BCUT2D eigenvalue weighted by Crippen LogP contribution is -2.33. The Bertz CT molecular complexity index is 1220. The second kappa shape index (κ2) is 9.15. The van der Waals surface area contributed by atoms with Crippen LogP contribution in [0.5, 0.6) is 0 Å². The van der Waals surface area contributed by atoms with Crippen LogP contribution in [-0.2, 0) is 13.0 Å². The van der Waals surface area contributed by atoms with E-state index in [1.807, 2.05) is 36.4 Å². The zero-order valence-electron chi connectivity index (χ0n) is 17.0. The van der Waals surface area contributed by atoms with Gasteiger partial charge in [-0.3, -0.25) is 4.98 Å². The van der Waals surface area contributed by atoms with Crippen molar-refractivity contribution in [2.24, 2.45) is 0 Å². The van der Waals surface area contributed by atoms with Gasteiger partial charge < -0.3 is 4.57 Å². The number of hydrogen-bond acceptors (Lipinski definition) is 6. The number of nitrogens with one attached hydrogen (secondary N) is 4. The van der Waals surface area contributed by atoms with E-state index in [-0.39, 0.29) is 12.0 Å². The smallest absolute Gasteiger partial charge is 0.123 e. The first-order chi connectivity index (χ1) is 15.7. The molecule has 0 atom stereocenters. The van der Waals surface area contributed by atoms with E-state index < -0.39 is 0 Å². The summed E-state index contributed by atoms with van der Waals surface area (Å²) in [6.07, 6.45) is 4.18. The molecule has 1 saturated heterocycles. The minimum atomic E-state index is -0.282. The van der Waals surface area contributed by atoms with Crippen molar-refractivity contribution >= 4 is 11.6 Å². The van der Waals surface area contributed by atoms with Crippen LogP contribution >= 0.6 is 11.6 Å². The molecule has 0 saturated carbocycles. The Hall–Kier alpha value is -3.14. The third-order valence-corrected chi connectivity index (χ3v) is 5.76. The number of benzene rings is 2. The maximum Gasteiger partial charge on any atom is 0.123 e. The number of aromatic nitrogens is 3. The lowest BCUT2D eigenvalue weighted by atomic mass is 10.1. The third-order valence-electron chi connectivity index (χ3n) is 5.39. The topological polar surface area (TPSA) is 78.8 Å². The summed E-state index contributed by atoms with van der Waals surface area (Å²) in [6.45, 7) is 0.669. The van der Waals surface area contributed by atoms with Gasteiger partial charge in [0.1, 0.15) is 17.7 Å². The van der Waals surface area contributed by atoms with Gasteiger partial charge in [0.25, 0.3) is 0 Å². The maximum absolute atomic E-state index is 13.6. The second-order valence-electron chi connectivity index (χ2n) is 7.43. The SMILES string of the molecule is Fc1ccc(-c2c(-c3cc(C4NNNN4)ccn3)ncn2CCc2ccccc2Cl)cc1. The van der Waals surface area contributed by atoms with E-state index in [4.69, 9.17) is 11.6 Å². The molecule has 0 amide bonds. The molecule has 0 bridgehead atoms. The summed E-state index contributed by atoms with van der Waals surface area (Å²) in [5.41, 5.74) is 17.0. The molecule has 1 aliphatic heterocycles. The Balaban J connectivity index is 1.53. The fourth-order valence-electron chi connectivity index (χ4n) is 3.77. The van der Waals surface area contributed by atoms with Crippen LogP contribution in [0.2, 0.25) is 5.02 Å². The summed E-state index contributed by atoms with van der Waals surface area (Å²) in [7, 11) is 0. The first-order valence-electron chi connectivity index (χ1n) is 10.2. The normalized spacial score (nSPS) is 14.2. The molecule has 2 aromatic heterocycles. The van der Waals surface area contributed by atoms with Crippen molar-refractivity contribution in [2.75, 3.05) is 0 Å². The van der Waals surface area contributed by atoms with Crippen molar-refractivity contribution in [1.29, 1.82) is 0 Å². The number of imidazole rings is 1. The molecule has 5 rings (SSSR count). The van der Waals surface area contributed by atoms with Gasteiger partial charge in [0, 0.05) is 23.3 Å². The molecule has 4 N–H and O–H groups in total. The van der Waals surface area contributed by atoms with Crippen LogP contribution in [0.25, 0.3) is 22.6 Å². The molecule has 0 unspecified atom stereocenters. The Morgan fingerprint density at radius 1 is 0.969 bits per heavy atom. The summed E-state index contributed by atoms with van der Waals surface area (Å²) in [5.74, 6) is -0.282. The Labute approximate surface area is 189 Å². The molecule has 32 heavy (non-hydrogen) atoms. The van der Waals surface area contributed by atoms with Crippen LogP contribution in [0.4, 0.5) is 4.39 Å². The first kappa shape index (κ1) is 20.7. The second-order valence-corrected chi connectivity index (χ2v) is 7.84. The minimum Gasteiger partial charge on any atom is -0.330 e. The third kappa shape index (κ3) is 4.27. The predicted molar refractivity (Wildman–Crippen MR) is 121 cm³/mol. The molecule has 0 radical (unpaired) electrons. The van der Waals surface area contributed by atoms with Gasteiger partial charge in [0.2, 0.25) is 0 Å². The summed E-state index contributed by atoms with van der Waals surface area (Å²) in [6, 6.07) is 18.2. The Morgan fingerprint density at radius 3 is 2.53 bits per heavy atom. The molecule has 7 nitrogen and oxygen atoms in total. The molecule has 4 aromatic rings. The highest BCUT2D eigenvalue weighted by Gasteiger charge is 2.20. The highest BCUT2D eigenvalue weighted by Crippen LogP contribution is 2.32. The van der Waals surface area contributed by atoms with E-state index >= 15 is 0 Å². The van der Waals surface area contributed by atoms with Crippen LogP contribution in [0, 0.1) is 5.82 Å². The van der Waals surface area contributed by atoms with Gasteiger partial charge in [-0.1, -0.05) is 29.8 Å². The van der Waals surface area contributed by atoms with Crippen LogP contribution in [0.15, 0.2) is 73.2 Å². The average molecular weight is 450 g/mol. The molecule has 0 aliphatic carbocycles.